The Morgan fingerprint density at radius 3 is 2.91 bits per heavy atom. The monoisotopic (exact) mass is 331 g/mol. The van der Waals surface area contributed by atoms with Crippen LogP contribution in [0.15, 0.2) is 41.8 Å². The average molecular weight is 331 g/mol. The van der Waals surface area contributed by atoms with Crippen LogP contribution in [0.5, 0.6) is 0 Å². The smallest absolute Gasteiger partial charge is 0.292 e. The highest BCUT2D eigenvalue weighted by Gasteiger charge is 2.28. The van der Waals surface area contributed by atoms with Gasteiger partial charge in [-0.15, -0.1) is 11.3 Å². The summed E-state index contributed by atoms with van der Waals surface area (Å²) in [6.45, 7) is 1.11. The third-order valence-electron chi connectivity index (χ3n) is 3.96. The Bertz CT molecular complexity index is 702. The number of carbonyl (C=O) groups excluding carboxylic acids is 1. The van der Waals surface area contributed by atoms with Crippen molar-refractivity contribution in [3.8, 4) is 0 Å². The van der Waals surface area contributed by atoms with Crippen molar-refractivity contribution in [1.82, 2.24) is 4.90 Å². The van der Waals surface area contributed by atoms with Gasteiger partial charge in [-0.3, -0.25) is 19.8 Å². The number of benzene rings is 1. The largest absolute Gasteiger partial charge is 0.319 e. The predicted molar refractivity (Wildman–Crippen MR) is 89.6 cm³/mol. The lowest BCUT2D eigenvalue weighted by Gasteiger charge is -2.22. The summed E-state index contributed by atoms with van der Waals surface area (Å²) in [4.78, 5) is 26.2. The fourth-order valence-corrected chi connectivity index (χ4v) is 3.83. The van der Waals surface area contributed by atoms with Crippen molar-refractivity contribution in [2.24, 2.45) is 0 Å². The topological polar surface area (TPSA) is 75.5 Å². The first kappa shape index (κ1) is 15.6. The molecule has 6 nitrogen and oxygen atoms in total. The highest BCUT2D eigenvalue weighted by Crippen LogP contribution is 2.34. The molecule has 0 aliphatic carbocycles. The second kappa shape index (κ2) is 6.89. The summed E-state index contributed by atoms with van der Waals surface area (Å²) in [6.07, 6.45) is 2.10. The quantitative estimate of drug-likeness (QED) is 0.673. The molecule has 23 heavy (non-hydrogen) atoms. The normalized spacial score (nSPS) is 18.0. The van der Waals surface area contributed by atoms with Gasteiger partial charge >= 0.3 is 0 Å². The number of para-hydroxylation sites is 2. The second-order valence-electron chi connectivity index (χ2n) is 5.47. The Morgan fingerprint density at radius 2 is 2.17 bits per heavy atom. The Balaban J connectivity index is 1.67. The predicted octanol–water partition coefficient (Wildman–Crippen LogP) is 3.43. The van der Waals surface area contributed by atoms with E-state index in [4.69, 9.17) is 0 Å². The molecule has 2 heterocycles. The lowest BCUT2D eigenvalue weighted by Crippen LogP contribution is -2.32. The number of hydrogen-bond donors (Lipinski definition) is 1. The lowest BCUT2D eigenvalue weighted by molar-refractivity contribution is -0.383. The number of likely N-dealkylation sites (tertiary alicyclic amines) is 1. The Morgan fingerprint density at radius 1 is 1.35 bits per heavy atom. The fraction of sp³-hybridized carbons (Fsp3) is 0.312. The number of rotatable bonds is 5. The molecule has 0 bridgehead atoms. The van der Waals surface area contributed by atoms with Gasteiger partial charge in [0.25, 0.3) is 5.69 Å². The van der Waals surface area contributed by atoms with E-state index in [2.05, 4.69) is 16.3 Å². The van der Waals surface area contributed by atoms with Gasteiger partial charge in [0.05, 0.1) is 11.5 Å². The van der Waals surface area contributed by atoms with E-state index in [0.29, 0.717) is 0 Å². The fourth-order valence-electron chi connectivity index (χ4n) is 2.93. The van der Waals surface area contributed by atoms with E-state index in [9.17, 15) is 14.9 Å². The highest BCUT2D eigenvalue weighted by atomic mass is 32.1. The average Bonchev–Trinajstić information content (AvgIpc) is 3.18. The van der Waals surface area contributed by atoms with Crippen LogP contribution in [0.3, 0.4) is 0 Å². The first-order chi connectivity index (χ1) is 11.1. The molecular weight excluding hydrogens is 314 g/mol. The van der Waals surface area contributed by atoms with Crippen LogP contribution in [-0.2, 0) is 4.79 Å². The van der Waals surface area contributed by atoms with Gasteiger partial charge in [0.2, 0.25) is 5.91 Å². The van der Waals surface area contributed by atoms with E-state index in [1.807, 2.05) is 11.4 Å². The molecule has 1 amide bonds. The van der Waals surface area contributed by atoms with E-state index in [1.54, 1.807) is 29.5 Å². The van der Waals surface area contributed by atoms with Crippen LogP contribution in [-0.4, -0.2) is 28.8 Å². The molecule has 0 saturated carbocycles. The highest BCUT2D eigenvalue weighted by molar-refractivity contribution is 7.10. The van der Waals surface area contributed by atoms with Gasteiger partial charge in [-0.2, -0.15) is 0 Å². The molecule has 120 valence electrons. The molecule has 1 aromatic heterocycles. The van der Waals surface area contributed by atoms with Crippen molar-refractivity contribution in [3.63, 3.8) is 0 Å². The van der Waals surface area contributed by atoms with Crippen LogP contribution in [0.2, 0.25) is 0 Å². The van der Waals surface area contributed by atoms with Crippen molar-refractivity contribution in [3.05, 3.63) is 56.8 Å². The minimum Gasteiger partial charge on any atom is -0.319 e. The summed E-state index contributed by atoms with van der Waals surface area (Å²) < 4.78 is 0. The molecule has 7 heteroatoms. The van der Waals surface area contributed by atoms with E-state index < -0.39 is 4.92 Å². The molecule has 0 radical (unpaired) electrons. The molecule has 1 saturated heterocycles. The molecule has 2 aromatic rings. The Labute approximate surface area is 137 Å². The number of nitrogens with zero attached hydrogens (tertiary/aromatic N) is 2. The van der Waals surface area contributed by atoms with Crippen molar-refractivity contribution >= 4 is 28.6 Å². The summed E-state index contributed by atoms with van der Waals surface area (Å²) in [6, 6.07) is 10.6. The van der Waals surface area contributed by atoms with Gasteiger partial charge in [-0.1, -0.05) is 18.2 Å². The molecule has 1 aromatic carbocycles. The van der Waals surface area contributed by atoms with Crippen molar-refractivity contribution in [2.75, 3.05) is 18.4 Å². The summed E-state index contributed by atoms with van der Waals surface area (Å²) in [5.41, 5.74) is 0.159. The Kier molecular flexibility index (Phi) is 4.68. The van der Waals surface area contributed by atoms with E-state index in [1.165, 1.54) is 10.9 Å². The van der Waals surface area contributed by atoms with Gasteiger partial charge < -0.3 is 5.32 Å². The van der Waals surface area contributed by atoms with Crippen molar-refractivity contribution in [1.29, 1.82) is 0 Å². The summed E-state index contributed by atoms with van der Waals surface area (Å²) in [5, 5.41) is 15.7. The minimum absolute atomic E-state index is 0.0860. The number of thiophene rings is 1. The number of nitrogens with one attached hydrogen (secondary N) is 1. The van der Waals surface area contributed by atoms with E-state index in [-0.39, 0.29) is 29.9 Å². The van der Waals surface area contributed by atoms with Gasteiger partial charge in [0.15, 0.2) is 0 Å². The summed E-state index contributed by atoms with van der Waals surface area (Å²) in [5.74, 6) is -0.220. The van der Waals surface area contributed by atoms with E-state index >= 15 is 0 Å². The first-order valence-electron chi connectivity index (χ1n) is 7.46. The van der Waals surface area contributed by atoms with Gasteiger partial charge in [0.1, 0.15) is 5.69 Å². The van der Waals surface area contributed by atoms with Crippen molar-refractivity contribution in [2.45, 2.75) is 18.9 Å². The first-order valence-corrected chi connectivity index (χ1v) is 8.34. The number of amides is 1. The molecule has 1 atom stereocenters. The number of nitro benzene ring substituents is 1. The summed E-state index contributed by atoms with van der Waals surface area (Å²) in [7, 11) is 0. The van der Waals surface area contributed by atoms with Crippen LogP contribution in [0, 0.1) is 10.1 Å². The van der Waals surface area contributed by atoms with Crippen LogP contribution < -0.4 is 5.32 Å². The van der Waals surface area contributed by atoms with Gasteiger partial charge in [0, 0.05) is 17.0 Å². The zero-order valence-electron chi connectivity index (χ0n) is 12.5. The molecule has 0 spiro atoms. The standard InChI is InChI=1S/C16H17N3O3S/c20-16(17-12-5-1-2-6-13(12)19(21)22)11-18-9-3-7-14(18)15-8-4-10-23-15/h1-2,4-6,8,10,14H,3,7,9,11H2,(H,17,20)/t14-/m1/s1. The Hall–Kier alpha value is -2.25. The number of hydrogen-bond acceptors (Lipinski definition) is 5. The summed E-state index contributed by atoms with van der Waals surface area (Å²) >= 11 is 1.70. The van der Waals surface area contributed by atoms with Gasteiger partial charge in [-0.25, -0.2) is 0 Å². The van der Waals surface area contributed by atoms with Gasteiger partial charge in [-0.05, 0) is 36.9 Å². The second-order valence-corrected chi connectivity index (χ2v) is 6.45. The van der Waals surface area contributed by atoms with Crippen LogP contribution >= 0.6 is 11.3 Å². The third-order valence-corrected chi connectivity index (χ3v) is 4.93. The number of carbonyl (C=O) groups is 1. The number of nitro groups is 1. The van der Waals surface area contributed by atoms with Crippen LogP contribution in [0.4, 0.5) is 11.4 Å². The molecule has 3 rings (SSSR count). The molecule has 1 aliphatic heterocycles. The maximum absolute atomic E-state index is 12.3. The minimum atomic E-state index is -0.486. The van der Waals surface area contributed by atoms with E-state index in [0.717, 1.165) is 19.4 Å². The maximum atomic E-state index is 12.3. The zero-order valence-corrected chi connectivity index (χ0v) is 13.3. The lowest BCUT2D eigenvalue weighted by atomic mass is 10.2. The molecule has 1 aliphatic rings. The molecule has 1 fully saturated rings. The molecule has 1 N–H and O–H groups in total. The third kappa shape index (κ3) is 3.57. The van der Waals surface area contributed by atoms with Crippen LogP contribution in [0.25, 0.3) is 0 Å². The van der Waals surface area contributed by atoms with Crippen LogP contribution in [0.1, 0.15) is 23.8 Å². The zero-order chi connectivity index (χ0) is 16.2. The maximum Gasteiger partial charge on any atom is 0.292 e. The molecular formula is C16H17N3O3S. The SMILES string of the molecule is O=C(CN1CCC[C@@H]1c1cccs1)Nc1ccccc1[N+](=O)[O-]. The molecule has 0 unspecified atom stereocenters. The number of anilines is 1. The van der Waals surface area contributed by atoms with Crippen molar-refractivity contribution < 1.29 is 9.72 Å².